The van der Waals surface area contributed by atoms with Crippen LogP contribution < -0.4 is 4.90 Å². The van der Waals surface area contributed by atoms with Crippen LogP contribution >= 0.6 is 39.7 Å². The van der Waals surface area contributed by atoms with E-state index in [1.807, 2.05) is 35.2 Å². The third-order valence-corrected chi connectivity index (χ3v) is 7.76. The molecule has 1 saturated heterocycles. The lowest BCUT2D eigenvalue weighted by atomic mass is 10.0. The van der Waals surface area contributed by atoms with Gasteiger partial charge in [-0.3, -0.25) is 14.6 Å². The SMILES string of the molecule is Cl.O=C(c1ccc(Cc2ccccc2)cc1)N(CCCN1CCOCC1)c1nc2ccc(Br)cc2s1. The number of benzene rings is 3. The van der Waals surface area contributed by atoms with E-state index in [2.05, 4.69) is 63.3 Å². The van der Waals surface area contributed by atoms with Crippen molar-refractivity contribution in [1.29, 1.82) is 0 Å². The molecule has 2 heterocycles. The highest BCUT2D eigenvalue weighted by atomic mass is 79.9. The van der Waals surface area contributed by atoms with Gasteiger partial charge in [-0.2, -0.15) is 0 Å². The van der Waals surface area contributed by atoms with Crippen molar-refractivity contribution in [1.82, 2.24) is 9.88 Å². The van der Waals surface area contributed by atoms with Crippen molar-refractivity contribution in [3.63, 3.8) is 0 Å². The van der Waals surface area contributed by atoms with Gasteiger partial charge >= 0.3 is 0 Å². The molecule has 0 N–H and O–H groups in total. The minimum atomic E-state index is -0.00337. The zero-order valence-electron chi connectivity index (χ0n) is 19.9. The molecule has 188 valence electrons. The van der Waals surface area contributed by atoms with E-state index in [1.165, 1.54) is 11.1 Å². The number of thiazole rings is 1. The van der Waals surface area contributed by atoms with E-state index in [9.17, 15) is 4.79 Å². The normalized spacial score (nSPS) is 13.9. The van der Waals surface area contributed by atoms with Crippen LogP contribution in [0.1, 0.15) is 27.9 Å². The number of carbonyl (C=O) groups excluding carboxylic acids is 1. The maximum Gasteiger partial charge on any atom is 0.260 e. The van der Waals surface area contributed by atoms with Gasteiger partial charge in [-0.1, -0.05) is 69.7 Å². The fraction of sp³-hybridized carbons (Fsp3) is 0.286. The Kier molecular flexibility index (Phi) is 9.51. The summed E-state index contributed by atoms with van der Waals surface area (Å²) in [5, 5.41) is 0.749. The quantitative estimate of drug-likeness (QED) is 0.238. The molecule has 0 bridgehead atoms. The van der Waals surface area contributed by atoms with Crippen LogP contribution in [0, 0.1) is 0 Å². The number of carbonyl (C=O) groups is 1. The van der Waals surface area contributed by atoms with Crippen molar-refractivity contribution >= 4 is 60.9 Å². The van der Waals surface area contributed by atoms with Crippen molar-refractivity contribution in [2.24, 2.45) is 0 Å². The zero-order valence-corrected chi connectivity index (χ0v) is 23.2. The molecular weight excluding hydrogens is 558 g/mol. The summed E-state index contributed by atoms with van der Waals surface area (Å²) in [6.07, 6.45) is 1.74. The lowest BCUT2D eigenvalue weighted by Crippen LogP contribution is -2.39. The number of aromatic nitrogens is 1. The first-order chi connectivity index (χ1) is 17.2. The average Bonchev–Trinajstić information content (AvgIpc) is 3.31. The van der Waals surface area contributed by atoms with Gasteiger partial charge in [-0.25, -0.2) is 4.98 Å². The molecule has 4 aromatic rings. The van der Waals surface area contributed by atoms with Crippen molar-refractivity contribution < 1.29 is 9.53 Å². The number of hydrogen-bond donors (Lipinski definition) is 0. The zero-order chi connectivity index (χ0) is 24.0. The largest absolute Gasteiger partial charge is 0.379 e. The highest BCUT2D eigenvalue weighted by molar-refractivity contribution is 9.10. The maximum absolute atomic E-state index is 13.7. The summed E-state index contributed by atoms with van der Waals surface area (Å²) in [6.45, 7) is 5.04. The summed E-state index contributed by atoms with van der Waals surface area (Å²) in [5.74, 6) is -0.00337. The second kappa shape index (κ2) is 12.8. The molecule has 3 aromatic carbocycles. The van der Waals surface area contributed by atoms with E-state index in [0.717, 1.165) is 65.5 Å². The predicted octanol–water partition coefficient (Wildman–Crippen LogP) is 6.44. The first-order valence-electron chi connectivity index (χ1n) is 12.0. The first kappa shape index (κ1) is 26.8. The molecule has 1 aromatic heterocycles. The van der Waals surface area contributed by atoms with Gasteiger partial charge in [-0.05, 0) is 54.3 Å². The van der Waals surface area contributed by atoms with Gasteiger partial charge in [0.05, 0.1) is 23.4 Å². The summed E-state index contributed by atoms with van der Waals surface area (Å²) in [7, 11) is 0. The summed E-state index contributed by atoms with van der Waals surface area (Å²) in [6, 6.07) is 24.4. The fourth-order valence-electron chi connectivity index (χ4n) is 4.32. The van der Waals surface area contributed by atoms with Gasteiger partial charge in [0.15, 0.2) is 5.13 Å². The number of anilines is 1. The van der Waals surface area contributed by atoms with Gasteiger partial charge < -0.3 is 4.74 Å². The Morgan fingerprint density at radius 2 is 1.72 bits per heavy atom. The van der Waals surface area contributed by atoms with Gasteiger partial charge in [0.2, 0.25) is 0 Å². The van der Waals surface area contributed by atoms with Gasteiger partial charge in [0.1, 0.15) is 0 Å². The molecule has 0 radical (unpaired) electrons. The number of halogens is 2. The Hall–Kier alpha value is -2.29. The van der Waals surface area contributed by atoms with E-state index in [1.54, 1.807) is 11.3 Å². The molecule has 0 saturated carbocycles. The molecule has 0 spiro atoms. The van der Waals surface area contributed by atoms with Crippen molar-refractivity contribution in [3.05, 3.63) is 94.0 Å². The van der Waals surface area contributed by atoms with Crippen LogP contribution in [0.4, 0.5) is 5.13 Å². The smallest absolute Gasteiger partial charge is 0.260 e. The van der Waals surface area contributed by atoms with E-state index in [4.69, 9.17) is 9.72 Å². The Balaban J connectivity index is 0.00000304. The Morgan fingerprint density at radius 3 is 2.47 bits per heavy atom. The third kappa shape index (κ3) is 6.72. The summed E-state index contributed by atoms with van der Waals surface area (Å²) in [4.78, 5) is 22.8. The average molecular weight is 587 g/mol. The highest BCUT2D eigenvalue weighted by Crippen LogP contribution is 2.32. The van der Waals surface area contributed by atoms with Gasteiger partial charge in [0.25, 0.3) is 5.91 Å². The van der Waals surface area contributed by atoms with Crippen molar-refractivity contribution in [3.8, 4) is 0 Å². The van der Waals surface area contributed by atoms with Crippen molar-refractivity contribution in [2.75, 3.05) is 44.3 Å². The number of fused-ring (bicyclic) bond motifs is 1. The molecule has 5 rings (SSSR count). The van der Waals surface area contributed by atoms with E-state index in [0.29, 0.717) is 12.1 Å². The molecule has 36 heavy (non-hydrogen) atoms. The molecule has 1 aliphatic rings. The molecule has 8 heteroatoms. The van der Waals surface area contributed by atoms with E-state index >= 15 is 0 Å². The predicted molar refractivity (Wildman–Crippen MR) is 154 cm³/mol. The topological polar surface area (TPSA) is 45.7 Å². The highest BCUT2D eigenvalue weighted by Gasteiger charge is 2.22. The molecule has 0 aliphatic carbocycles. The standard InChI is InChI=1S/C28H28BrN3O2S.ClH/c29-24-11-12-25-26(20-24)35-28(30-25)32(14-4-13-31-15-17-34-18-16-31)27(33)23-9-7-22(8-10-23)19-21-5-2-1-3-6-21;/h1-3,5-12,20H,4,13-19H2;1H. The third-order valence-electron chi connectivity index (χ3n) is 6.23. The first-order valence-corrected chi connectivity index (χ1v) is 13.6. The monoisotopic (exact) mass is 585 g/mol. The second-order valence-electron chi connectivity index (χ2n) is 8.73. The molecule has 0 unspecified atom stereocenters. The molecular formula is C28H29BrClN3O2S. The Bertz CT molecular complexity index is 1280. The van der Waals surface area contributed by atoms with Crippen LogP contribution in [0.3, 0.4) is 0 Å². The summed E-state index contributed by atoms with van der Waals surface area (Å²) >= 11 is 5.11. The number of ether oxygens (including phenoxy) is 1. The number of hydrogen-bond acceptors (Lipinski definition) is 5. The number of morpholine rings is 1. The minimum absolute atomic E-state index is 0. The van der Waals surface area contributed by atoms with Gasteiger partial charge in [0, 0.05) is 36.2 Å². The van der Waals surface area contributed by atoms with Crippen LogP contribution in [-0.2, 0) is 11.2 Å². The van der Waals surface area contributed by atoms with Crippen LogP contribution in [0.5, 0.6) is 0 Å². The van der Waals surface area contributed by atoms with E-state index < -0.39 is 0 Å². The minimum Gasteiger partial charge on any atom is -0.379 e. The molecule has 1 amide bonds. The van der Waals surface area contributed by atoms with Gasteiger partial charge in [-0.15, -0.1) is 12.4 Å². The fourth-order valence-corrected chi connectivity index (χ4v) is 5.86. The molecule has 1 fully saturated rings. The molecule has 5 nitrogen and oxygen atoms in total. The summed E-state index contributed by atoms with van der Waals surface area (Å²) in [5.41, 5.74) is 4.06. The number of amides is 1. The lowest BCUT2D eigenvalue weighted by Gasteiger charge is -2.27. The van der Waals surface area contributed by atoms with E-state index in [-0.39, 0.29) is 18.3 Å². The van der Waals surface area contributed by atoms with Crippen LogP contribution in [0.2, 0.25) is 0 Å². The number of nitrogens with zero attached hydrogens (tertiary/aromatic N) is 3. The number of rotatable bonds is 8. The van der Waals surface area contributed by atoms with Crippen molar-refractivity contribution in [2.45, 2.75) is 12.8 Å². The Morgan fingerprint density at radius 1 is 1.00 bits per heavy atom. The summed E-state index contributed by atoms with van der Waals surface area (Å²) < 4.78 is 7.55. The van der Waals surface area contributed by atoms with Crippen LogP contribution in [-0.4, -0.2) is 55.2 Å². The molecule has 1 aliphatic heterocycles. The Labute approximate surface area is 230 Å². The lowest BCUT2D eigenvalue weighted by molar-refractivity contribution is 0.0376. The second-order valence-corrected chi connectivity index (χ2v) is 10.7. The maximum atomic E-state index is 13.7. The molecule has 0 atom stereocenters. The van der Waals surface area contributed by atoms with Crippen LogP contribution in [0.15, 0.2) is 77.3 Å². The van der Waals surface area contributed by atoms with Crippen LogP contribution in [0.25, 0.3) is 10.2 Å².